The molecule has 26 heavy (non-hydrogen) atoms. The van der Waals surface area contributed by atoms with Crippen LogP contribution >= 0.6 is 0 Å². The zero-order valence-corrected chi connectivity index (χ0v) is 14.5. The van der Waals surface area contributed by atoms with E-state index in [2.05, 4.69) is 0 Å². The summed E-state index contributed by atoms with van der Waals surface area (Å²) in [5, 5.41) is 8.91. The minimum Gasteiger partial charge on any atom is -0.481 e. The third kappa shape index (κ3) is 4.13. The zero-order chi connectivity index (χ0) is 18.9. The molecule has 1 heterocycles. The van der Waals surface area contributed by atoms with Gasteiger partial charge in [0.2, 0.25) is 0 Å². The maximum Gasteiger partial charge on any atom is 0.416 e. The highest BCUT2D eigenvalue weighted by Gasteiger charge is 2.39. The van der Waals surface area contributed by atoms with Crippen LogP contribution < -0.4 is 4.90 Å². The molecule has 0 radical (unpaired) electrons. The number of carboxylic acid groups (broad SMARTS) is 1. The van der Waals surface area contributed by atoms with Gasteiger partial charge in [-0.3, -0.25) is 4.79 Å². The molecule has 0 bridgehead atoms. The minimum absolute atomic E-state index is 0.0224. The lowest BCUT2D eigenvalue weighted by Gasteiger charge is -2.46. The van der Waals surface area contributed by atoms with Crippen molar-refractivity contribution in [2.75, 3.05) is 18.0 Å². The van der Waals surface area contributed by atoms with Gasteiger partial charge in [0.05, 0.1) is 11.3 Å². The molecular weight excluding hydrogens is 350 g/mol. The number of hydrogen-bond donors (Lipinski definition) is 1. The van der Waals surface area contributed by atoms with E-state index in [-0.39, 0.29) is 23.4 Å². The highest BCUT2D eigenvalue weighted by Crippen LogP contribution is 2.47. The third-order valence-corrected chi connectivity index (χ3v) is 6.07. The van der Waals surface area contributed by atoms with Gasteiger partial charge in [-0.05, 0) is 68.1 Å². The maximum atomic E-state index is 14.1. The summed E-state index contributed by atoms with van der Waals surface area (Å²) in [6.07, 6.45) is 0.993. The zero-order valence-electron chi connectivity index (χ0n) is 14.5. The molecule has 3 rings (SSSR count). The number of nitrogens with zero attached hydrogens (tertiary/aromatic N) is 1. The van der Waals surface area contributed by atoms with Gasteiger partial charge in [0.15, 0.2) is 0 Å². The van der Waals surface area contributed by atoms with Crippen LogP contribution in [0.15, 0.2) is 18.2 Å². The molecule has 1 spiro atoms. The predicted octanol–water partition coefficient (Wildman–Crippen LogP) is 5.10. The molecule has 0 unspecified atom stereocenters. The van der Waals surface area contributed by atoms with Crippen LogP contribution in [-0.2, 0) is 11.0 Å². The fourth-order valence-corrected chi connectivity index (χ4v) is 4.39. The maximum absolute atomic E-state index is 14.1. The highest BCUT2D eigenvalue weighted by atomic mass is 19.4. The lowest BCUT2D eigenvalue weighted by Crippen LogP contribution is -2.42. The monoisotopic (exact) mass is 373 g/mol. The molecule has 0 atom stereocenters. The largest absolute Gasteiger partial charge is 0.481 e. The Labute approximate surface area is 150 Å². The average molecular weight is 373 g/mol. The Morgan fingerprint density at radius 2 is 1.77 bits per heavy atom. The number of halogens is 4. The van der Waals surface area contributed by atoms with Crippen LogP contribution in [-0.4, -0.2) is 24.2 Å². The van der Waals surface area contributed by atoms with E-state index in [9.17, 15) is 22.4 Å². The van der Waals surface area contributed by atoms with Gasteiger partial charge in [0.1, 0.15) is 5.82 Å². The number of rotatable bonds is 3. The van der Waals surface area contributed by atoms with E-state index in [0.29, 0.717) is 13.1 Å². The quantitative estimate of drug-likeness (QED) is 0.750. The first-order chi connectivity index (χ1) is 12.2. The number of aliphatic carboxylic acids is 1. The van der Waals surface area contributed by atoms with Gasteiger partial charge >= 0.3 is 12.1 Å². The highest BCUT2D eigenvalue weighted by molar-refractivity contribution is 5.67. The first kappa shape index (κ1) is 19.0. The van der Waals surface area contributed by atoms with Crippen molar-refractivity contribution in [1.82, 2.24) is 0 Å². The molecule has 1 saturated heterocycles. The third-order valence-electron chi connectivity index (χ3n) is 6.07. The number of carboxylic acids is 1. The minimum atomic E-state index is -4.48. The molecule has 1 aliphatic carbocycles. The Kier molecular flexibility index (Phi) is 5.17. The Morgan fingerprint density at radius 3 is 2.31 bits per heavy atom. The van der Waals surface area contributed by atoms with E-state index in [4.69, 9.17) is 5.11 Å². The van der Waals surface area contributed by atoms with Crippen LogP contribution in [0.1, 0.15) is 50.5 Å². The molecular formula is C19H23F4NO2. The van der Waals surface area contributed by atoms with Crippen molar-refractivity contribution in [3.8, 4) is 0 Å². The fourth-order valence-electron chi connectivity index (χ4n) is 4.39. The molecule has 1 aliphatic heterocycles. The van der Waals surface area contributed by atoms with Crippen molar-refractivity contribution in [2.45, 2.75) is 51.1 Å². The van der Waals surface area contributed by atoms with Crippen molar-refractivity contribution in [3.63, 3.8) is 0 Å². The molecule has 1 aromatic carbocycles. The number of anilines is 1. The Bertz CT molecular complexity index is 656. The Morgan fingerprint density at radius 1 is 1.15 bits per heavy atom. The topological polar surface area (TPSA) is 40.5 Å². The van der Waals surface area contributed by atoms with Crippen molar-refractivity contribution in [2.24, 2.45) is 11.3 Å². The molecule has 0 amide bonds. The van der Waals surface area contributed by atoms with Crippen LogP contribution in [0.3, 0.4) is 0 Å². The smallest absolute Gasteiger partial charge is 0.416 e. The SMILES string of the molecule is O=C(O)CC1CCC2(CC1)CCN(c1cc(C(F)(F)F)ccc1F)CC2. The first-order valence-corrected chi connectivity index (χ1v) is 9.02. The van der Waals surface area contributed by atoms with Crippen molar-refractivity contribution < 1.29 is 27.5 Å². The molecule has 144 valence electrons. The molecule has 1 N–H and O–H groups in total. The van der Waals surface area contributed by atoms with Gasteiger partial charge in [-0.25, -0.2) is 4.39 Å². The van der Waals surface area contributed by atoms with E-state index < -0.39 is 23.5 Å². The van der Waals surface area contributed by atoms with E-state index >= 15 is 0 Å². The summed E-state index contributed by atoms with van der Waals surface area (Å²) in [5.74, 6) is -1.17. The molecule has 1 saturated carbocycles. The van der Waals surface area contributed by atoms with Gasteiger partial charge < -0.3 is 10.0 Å². The van der Waals surface area contributed by atoms with Crippen LogP contribution in [0, 0.1) is 17.2 Å². The molecule has 0 aromatic heterocycles. The van der Waals surface area contributed by atoms with Crippen LogP contribution in [0.2, 0.25) is 0 Å². The summed E-state index contributed by atoms with van der Waals surface area (Å²) in [5.41, 5.74) is -0.679. The van der Waals surface area contributed by atoms with Gasteiger partial charge in [0.25, 0.3) is 0 Å². The van der Waals surface area contributed by atoms with Crippen molar-refractivity contribution >= 4 is 11.7 Å². The molecule has 1 aromatic rings. The van der Waals surface area contributed by atoms with E-state index in [1.54, 1.807) is 4.90 Å². The van der Waals surface area contributed by atoms with E-state index in [0.717, 1.165) is 56.7 Å². The van der Waals surface area contributed by atoms with Gasteiger partial charge in [0, 0.05) is 19.5 Å². The molecule has 7 heteroatoms. The number of alkyl halides is 3. The van der Waals surface area contributed by atoms with Crippen LogP contribution in [0.5, 0.6) is 0 Å². The van der Waals surface area contributed by atoms with Crippen LogP contribution in [0.4, 0.5) is 23.2 Å². The summed E-state index contributed by atoms with van der Waals surface area (Å²) < 4.78 is 52.8. The lowest BCUT2D eigenvalue weighted by molar-refractivity contribution is -0.139. The number of piperidine rings is 1. The number of benzene rings is 1. The summed E-state index contributed by atoms with van der Waals surface area (Å²) >= 11 is 0. The number of carbonyl (C=O) groups is 1. The second-order valence-electron chi connectivity index (χ2n) is 7.69. The molecule has 2 fully saturated rings. The standard InChI is InChI=1S/C19H23F4NO2/c20-15-2-1-14(19(21,22)23)12-16(15)24-9-7-18(8-10-24)5-3-13(4-6-18)11-17(25)26/h1-2,12-13H,3-11H2,(H,25,26). The summed E-state index contributed by atoms with van der Waals surface area (Å²) in [6, 6.07) is 2.56. The van der Waals surface area contributed by atoms with Crippen molar-refractivity contribution in [3.05, 3.63) is 29.6 Å². The lowest BCUT2D eigenvalue weighted by atomic mass is 9.65. The summed E-state index contributed by atoms with van der Waals surface area (Å²) in [7, 11) is 0. The predicted molar refractivity (Wildman–Crippen MR) is 89.5 cm³/mol. The van der Waals surface area contributed by atoms with Crippen LogP contribution in [0.25, 0.3) is 0 Å². The van der Waals surface area contributed by atoms with E-state index in [1.165, 1.54) is 0 Å². The Balaban J connectivity index is 1.63. The molecule has 3 nitrogen and oxygen atoms in total. The second kappa shape index (κ2) is 7.08. The van der Waals surface area contributed by atoms with Gasteiger partial charge in [-0.15, -0.1) is 0 Å². The van der Waals surface area contributed by atoms with Crippen molar-refractivity contribution in [1.29, 1.82) is 0 Å². The van der Waals surface area contributed by atoms with E-state index in [1.807, 2.05) is 0 Å². The second-order valence-corrected chi connectivity index (χ2v) is 7.69. The van der Waals surface area contributed by atoms with Gasteiger partial charge in [-0.1, -0.05) is 0 Å². The van der Waals surface area contributed by atoms with Gasteiger partial charge in [-0.2, -0.15) is 13.2 Å². The average Bonchev–Trinajstić information content (AvgIpc) is 2.57. The molecule has 2 aliphatic rings. The summed E-state index contributed by atoms with van der Waals surface area (Å²) in [4.78, 5) is 12.6. The summed E-state index contributed by atoms with van der Waals surface area (Å²) in [6.45, 7) is 1.06. The normalized spacial score (nSPS) is 21.2. The fraction of sp³-hybridized carbons (Fsp3) is 0.632. The number of hydrogen-bond acceptors (Lipinski definition) is 2. The first-order valence-electron chi connectivity index (χ1n) is 9.02. The Hall–Kier alpha value is -1.79.